The number of rotatable bonds is 0. The lowest BCUT2D eigenvalue weighted by molar-refractivity contribution is 0.103. The van der Waals surface area contributed by atoms with Crippen LogP contribution in [0, 0.1) is 0 Å². The quantitative estimate of drug-likeness (QED) is 0.651. The molecule has 0 aromatic heterocycles. The minimum absolute atomic E-state index is 0.128. The standard InChI is InChI=1S/C13H8OS2/c14-13-9-5-1-3-7-11(9)15-16-12-8-4-2-6-10(12)13/h1-8H. The van der Waals surface area contributed by atoms with Crippen LogP contribution < -0.4 is 0 Å². The van der Waals surface area contributed by atoms with Crippen molar-refractivity contribution in [2.24, 2.45) is 0 Å². The van der Waals surface area contributed by atoms with Gasteiger partial charge < -0.3 is 0 Å². The molecule has 0 amide bonds. The average Bonchev–Trinajstić information content (AvgIpc) is 2.49. The minimum atomic E-state index is 0.128. The number of benzene rings is 2. The van der Waals surface area contributed by atoms with E-state index in [1.165, 1.54) is 0 Å². The molecular weight excluding hydrogens is 236 g/mol. The number of hydrogen-bond acceptors (Lipinski definition) is 3. The molecule has 0 saturated carbocycles. The summed E-state index contributed by atoms with van der Waals surface area (Å²) in [7, 11) is 3.30. The Morgan fingerprint density at radius 1 is 0.688 bits per heavy atom. The number of ketones is 1. The summed E-state index contributed by atoms with van der Waals surface area (Å²) < 4.78 is 0. The first-order valence-electron chi connectivity index (χ1n) is 4.93. The molecule has 3 rings (SSSR count). The van der Waals surface area contributed by atoms with Gasteiger partial charge in [0, 0.05) is 20.9 Å². The Kier molecular flexibility index (Phi) is 2.50. The van der Waals surface area contributed by atoms with Crippen molar-refractivity contribution in [1.29, 1.82) is 0 Å². The fraction of sp³-hybridized carbons (Fsp3) is 0. The van der Waals surface area contributed by atoms with Crippen molar-refractivity contribution in [1.82, 2.24) is 0 Å². The number of carbonyl (C=O) groups is 1. The lowest BCUT2D eigenvalue weighted by Gasteiger charge is -2.02. The first-order chi connectivity index (χ1) is 7.86. The molecule has 1 nitrogen and oxygen atoms in total. The molecular formula is C13H8OS2. The highest BCUT2D eigenvalue weighted by Crippen LogP contribution is 2.44. The Labute approximate surface area is 102 Å². The van der Waals surface area contributed by atoms with Gasteiger partial charge in [0.05, 0.1) is 0 Å². The van der Waals surface area contributed by atoms with Gasteiger partial charge >= 0.3 is 0 Å². The molecule has 0 radical (unpaired) electrons. The number of hydrogen-bond donors (Lipinski definition) is 0. The molecule has 0 N–H and O–H groups in total. The van der Waals surface area contributed by atoms with E-state index in [0.29, 0.717) is 0 Å². The molecule has 0 spiro atoms. The molecule has 16 heavy (non-hydrogen) atoms. The van der Waals surface area contributed by atoms with Gasteiger partial charge in [-0.25, -0.2) is 0 Å². The molecule has 0 bridgehead atoms. The molecule has 2 aromatic rings. The molecule has 1 aliphatic rings. The fourth-order valence-corrected chi connectivity index (χ4v) is 4.05. The maximum Gasteiger partial charge on any atom is 0.195 e. The van der Waals surface area contributed by atoms with Crippen LogP contribution in [0.1, 0.15) is 15.9 Å². The van der Waals surface area contributed by atoms with E-state index in [4.69, 9.17) is 0 Å². The molecule has 0 saturated heterocycles. The predicted octanol–water partition coefficient (Wildman–Crippen LogP) is 4.03. The maximum absolute atomic E-state index is 12.3. The van der Waals surface area contributed by atoms with E-state index < -0.39 is 0 Å². The Hall–Kier alpha value is -1.19. The van der Waals surface area contributed by atoms with E-state index >= 15 is 0 Å². The highest BCUT2D eigenvalue weighted by atomic mass is 33.1. The third-order valence-corrected chi connectivity index (χ3v) is 4.97. The van der Waals surface area contributed by atoms with Crippen LogP contribution in [0.2, 0.25) is 0 Å². The second-order valence-corrected chi connectivity index (χ2v) is 5.70. The van der Waals surface area contributed by atoms with Crippen LogP contribution in [-0.4, -0.2) is 5.78 Å². The van der Waals surface area contributed by atoms with Crippen LogP contribution in [0.25, 0.3) is 0 Å². The van der Waals surface area contributed by atoms with Gasteiger partial charge in [-0.2, -0.15) is 0 Å². The first-order valence-corrected chi connectivity index (χ1v) is 7.08. The fourth-order valence-electron chi connectivity index (χ4n) is 1.69. The van der Waals surface area contributed by atoms with E-state index in [1.54, 1.807) is 21.6 Å². The Bertz CT molecular complexity index is 514. The third-order valence-electron chi connectivity index (χ3n) is 2.48. The largest absolute Gasteiger partial charge is 0.289 e. The molecule has 1 heterocycles. The summed E-state index contributed by atoms with van der Waals surface area (Å²) in [5, 5.41) is 0. The smallest absolute Gasteiger partial charge is 0.195 e. The first kappa shape index (κ1) is 10.00. The van der Waals surface area contributed by atoms with Gasteiger partial charge in [-0.05, 0) is 24.3 Å². The van der Waals surface area contributed by atoms with Gasteiger partial charge in [0.25, 0.3) is 0 Å². The SMILES string of the molecule is O=C1c2ccccc2SSc2ccccc21. The van der Waals surface area contributed by atoms with E-state index in [0.717, 1.165) is 20.9 Å². The molecule has 1 aliphatic heterocycles. The lowest BCUT2D eigenvalue weighted by Crippen LogP contribution is -2.02. The zero-order chi connectivity index (χ0) is 11.0. The molecule has 78 valence electrons. The van der Waals surface area contributed by atoms with Crippen molar-refractivity contribution in [2.45, 2.75) is 9.79 Å². The molecule has 0 unspecified atom stereocenters. The molecule has 0 fully saturated rings. The zero-order valence-electron chi connectivity index (χ0n) is 8.34. The Morgan fingerprint density at radius 3 is 1.62 bits per heavy atom. The third kappa shape index (κ3) is 1.56. The summed E-state index contributed by atoms with van der Waals surface area (Å²) in [6, 6.07) is 15.5. The van der Waals surface area contributed by atoms with Crippen LogP contribution >= 0.6 is 21.6 Å². The van der Waals surface area contributed by atoms with Crippen LogP contribution in [0.3, 0.4) is 0 Å². The van der Waals surface area contributed by atoms with Gasteiger partial charge in [-0.15, -0.1) is 0 Å². The van der Waals surface area contributed by atoms with E-state index in [9.17, 15) is 4.79 Å². The topological polar surface area (TPSA) is 17.1 Å². The van der Waals surface area contributed by atoms with Gasteiger partial charge in [0.2, 0.25) is 0 Å². The van der Waals surface area contributed by atoms with E-state index in [2.05, 4.69) is 0 Å². The van der Waals surface area contributed by atoms with E-state index in [-0.39, 0.29) is 5.78 Å². The number of carbonyl (C=O) groups excluding carboxylic acids is 1. The van der Waals surface area contributed by atoms with Gasteiger partial charge in [0.1, 0.15) is 0 Å². The maximum atomic E-state index is 12.3. The summed E-state index contributed by atoms with van der Waals surface area (Å²) in [5.74, 6) is 0.128. The van der Waals surface area contributed by atoms with Crippen molar-refractivity contribution in [3.05, 3.63) is 59.7 Å². The molecule has 0 atom stereocenters. The van der Waals surface area contributed by atoms with Gasteiger partial charge in [0.15, 0.2) is 5.78 Å². The zero-order valence-corrected chi connectivity index (χ0v) is 9.98. The Balaban J connectivity index is 2.22. The summed E-state index contributed by atoms with van der Waals surface area (Å²) in [6.07, 6.45) is 0. The van der Waals surface area contributed by atoms with Crippen LogP contribution in [0.5, 0.6) is 0 Å². The summed E-state index contributed by atoms with van der Waals surface area (Å²) >= 11 is 0. The van der Waals surface area contributed by atoms with Crippen LogP contribution in [-0.2, 0) is 0 Å². The van der Waals surface area contributed by atoms with Crippen molar-refractivity contribution < 1.29 is 4.79 Å². The lowest BCUT2D eigenvalue weighted by atomic mass is 10.0. The second kappa shape index (κ2) is 4.00. The van der Waals surface area contributed by atoms with Gasteiger partial charge in [-0.1, -0.05) is 45.9 Å². The highest BCUT2D eigenvalue weighted by Gasteiger charge is 2.20. The predicted molar refractivity (Wildman–Crippen MR) is 68.0 cm³/mol. The summed E-state index contributed by atoms with van der Waals surface area (Å²) in [5.41, 5.74) is 1.62. The highest BCUT2D eigenvalue weighted by molar-refractivity contribution is 8.76. The van der Waals surface area contributed by atoms with Crippen molar-refractivity contribution >= 4 is 27.4 Å². The Morgan fingerprint density at radius 2 is 1.12 bits per heavy atom. The molecule has 3 heteroatoms. The molecule has 2 aromatic carbocycles. The minimum Gasteiger partial charge on any atom is -0.289 e. The van der Waals surface area contributed by atoms with Crippen molar-refractivity contribution in [2.75, 3.05) is 0 Å². The monoisotopic (exact) mass is 244 g/mol. The molecule has 0 aliphatic carbocycles. The normalized spacial score (nSPS) is 13.9. The summed E-state index contributed by atoms with van der Waals surface area (Å²) in [4.78, 5) is 14.4. The van der Waals surface area contributed by atoms with Crippen LogP contribution in [0.4, 0.5) is 0 Å². The number of fused-ring (bicyclic) bond motifs is 2. The second-order valence-electron chi connectivity index (χ2n) is 3.49. The average molecular weight is 244 g/mol. The van der Waals surface area contributed by atoms with E-state index in [1.807, 2.05) is 48.5 Å². The summed E-state index contributed by atoms with van der Waals surface area (Å²) in [6.45, 7) is 0. The van der Waals surface area contributed by atoms with Crippen molar-refractivity contribution in [3.8, 4) is 0 Å². The van der Waals surface area contributed by atoms with Gasteiger partial charge in [-0.3, -0.25) is 4.79 Å². The van der Waals surface area contributed by atoms with Crippen LogP contribution in [0.15, 0.2) is 58.3 Å². The van der Waals surface area contributed by atoms with Crippen molar-refractivity contribution in [3.63, 3.8) is 0 Å².